The highest BCUT2D eigenvalue weighted by molar-refractivity contribution is 9.09. The Balaban J connectivity index is 2.16. The number of carbonyl (C=O) groups excluding carboxylic acids is 1. The van der Waals surface area contributed by atoms with Gasteiger partial charge >= 0.3 is 0 Å². The third-order valence-electron chi connectivity index (χ3n) is 3.36. The van der Waals surface area contributed by atoms with E-state index < -0.39 is 0 Å². The molecule has 4 nitrogen and oxygen atoms in total. The predicted octanol–water partition coefficient (Wildman–Crippen LogP) is 2.45. The monoisotopic (exact) mass is 327 g/mol. The number of rotatable bonds is 5. The van der Waals surface area contributed by atoms with Gasteiger partial charge in [-0.05, 0) is 24.1 Å². The van der Waals surface area contributed by atoms with Crippen molar-refractivity contribution in [1.82, 2.24) is 4.90 Å². The van der Waals surface area contributed by atoms with Gasteiger partial charge in [0.2, 0.25) is 5.91 Å². The molecular formula is C14H18BrNO3. The largest absolute Gasteiger partial charge is 0.497 e. The molecule has 5 heteroatoms. The van der Waals surface area contributed by atoms with Gasteiger partial charge in [0.25, 0.3) is 0 Å². The van der Waals surface area contributed by atoms with Crippen molar-refractivity contribution in [1.29, 1.82) is 0 Å². The molecule has 0 N–H and O–H groups in total. The number of alkyl halides is 1. The number of nitrogens with zero attached hydrogens (tertiary/aromatic N) is 1. The van der Waals surface area contributed by atoms with E-state index in [0.29, 0.717) is 18.9 Å². The lowest BCUT2D eigenvalue weighted by atomic mass is 10.1. The van der Waals surface area contributed by atoms with Crippen molar-refractivity contribution in [3.63, 3.8) is 0 Å². The lowest BCUT2D eigenvalue weighted by molar-refractivity contribution is -0.128. The van der Waals surface area contributed by atoms with Crippen LogP contribution in [0.2, 0.25) is 0 Å². The molecule has 1 heterocycles. The van der Waals surface area contributed by atoms with Crippen LogP contribution in [-0.2, 0) is 11.3 Å². The van der Waals surface area contributed by atoms with Crippen LogP contribution in [0.3, 0.4) is 0 Å². The lowest BCUT2D eigenvalue weighted by Crippen LogP contribution is -2.25. The summed E-state index contributed by atoms with van der Waals surface area (Å²) >= 11 is 3.44. The zero-order valence-corrected chi connectivity index (χ0v) is 12.8. The molecule has 1 unspecified atom stereocenters. The highest BCUT2D eigenvalue weighted by Gasteiger charge is 2.29. The lowest BCUT2D eigenvalue weighted by Gasteiger charge is -2.18. The smallest absolute Gasteiger partial charge is 0.223 e. The van der Waals surface area contributed by atoms with Gasteiger partial charge in [-0.1, -0.05) is 15.9 Å². The number of hydrogen-bond donors (Lipinski definition) is 0. The molecule has 1 aromatic carbocycles. The molecule has 0 radical (unpaired) electrons. The third-order valence-corrected chi connectivity index (χ3v) is 4.28. The van der Waals surface area contributed by atoms with E-state index in [9.17, 15) is 4.79 Å². The average molecular weight is 328 g/mol. The van der Waals surface area contributed by atoms with Crippen molar-refractivity contribution in [2.45, 2.75) is 13.0 Å². The number of ether oxygens (including phenoxy) is 2. The molecule has 104 valence electrons. The minimum Gasteiger partial charge on any atom is -0.497 e. The van der Waals surface area contributed by atoms with E-state index in [1.54, 1.807) is 14.2 Å². The molecule has 1 amide bonds. The number of amides is 1. The van der Waals surface area contributed by atoms with Gasteiger partial charge in [0.1, 0.15) is 11.5 Å². The molecule has 1 aliphatic rings. The Morgan fingerprint density at radius 2 is 2.16 bits per heavy atom. The summed E-state index contributed by atoms with van der Waals surface area (Å²) in [6, 6.07) is 5.65. The van der Waals surface area contributed by atoms with Gasteiger partial charge in [0.15, 0.2) is 0 Å². The van der Waals surface area contributed by atoms with E-state index in [-0.39, 0.29) is 5.91 Å². The molecule has 0 bridgehead atoms. The maximum Gasteiger partial charge on any atom is 0.223 e. The van der Waals surface area contributed by atoms with Gasteiger partial charge in [0.05, 0.1) is 14.2 Å². The van der Waals surface area contributed by atoms with Crippen molar-refractivity contribution >= 4 is 21.8 Å². The Morgan fingerprint density at radius 3 is 2.74 bits per heavy atom. The molecule has 0 aromatic heterocycles. The summed E-state index contributed by atoms with van der Waals surface area (Å²) in [6.07, 6.45) is 0.623. The number of hydrogen-bond acceptors (Lipinski definition) is 3. The Morgan fingerprint density at radius 1 is 1.37 bits per heavy atom. The van der Waals surface area contributed by atoms with Crippen molar-refractivity contribution in [3.05, 3.63) is 23.8 Å². The number of carbonyl (C=O) groups is 1. The molecule has 19 heavy (non-hydrogen) atoms. The Hall–Kier alpha value is -1.23. The van der Waals surface area contributed by atoms with Crippen molar-refractivity contribution < 1.29 is 14.3 Å². The molecule has 0 saturated carbocycles. The van der Waals surface area contributed by atoms with E-state index in [2.05, 4.69) is 15.9 Å². The number of methoxy groups -OCH3 is 2. The van der Waals surface area contributed by atoms with Gasteiger partial charge in [-0.25, -0.2) is 0 Å². The molecule has 1 atom stereocenters. The van der Waals surface area contributed by atoms with Gasteiger partial charge in [0, 0.05) is 30.4 Å². The first kappa shape index (κ1) is 14.2. The fourth-order valence-electron chi connectivity index (χ4n) is 2.32. The molecular weight excluding hydrogens is 310 g/mol. The molecule has 1 aliphatic heterocycles. The zero-order chi connectivity index (χ0) is 13.8. The summed E-state index contributed by atoms with van der Waals surface area (Å²) < 4.78 is 10.6. The van der Waals surface area contributed by atoms with Gasteiger partial charge in [-0.3, -0.25) is 4.79 Å². The topological polar surface area (TPSA) is 38.8 Å². The fraction of sp³-hybridized carbons (Fsp3) is 0.500. The maximum absolute atomic E-state index is 11.9. The Bertz CT molecular complexity index is 464. The summed E-state index contributed by atoms with van der Waals surface area (Å²) in [7, 11) is 3.27. The number of benzene rings is 1. The van der Waals surface area contributed by atoms with Gasteiger partial charge < -0.3 is 14.4 Å². The summed E-state index contributed by atoms with van der Waals surface area (Å²) in [4.78, 5) is 13.8. The highest BCUT2D eigenvalue weighted by Crippen LogP contribution is 2.28. The summed E-state index contributed by atoms with van der Waals surface area (Å²) in [5, 5.41) is 0.866. The average Bonchev–Trinajstić information content (AvgIpc) is 2.79. The van der Waals surface area contributed by atoms with Gasteiger partial charge in [-0.15, -0.1) is 0 Å². The highest BCUT2D eigenvalue weighted by atomic mass is 79.9. The molecule has 1 saturated heterocycles. The third kappa shape index (κ3) is 3.21. The first-order valence-corrected chi connectivity index (χ1v) is 7.34. The molecule has 2 rings (SSSR count). The quantitative estimate of drug-likeness (QED) is 0.780. The molecule has 0 spiro atoms. The van der Waals surface area contributed by atoms with E-state index >= 15 is 0 Å². The SMILES string of the molecule is COc1ccc(OC)c(CN2CC(CBr)CC2=O)c1. The van der Waals surface area contributed by atoms with Crippen LogP contribution < -0.4 is 9.47 Å². The standard InChI is InChI=1S/C14H18BrNO3/c1-18-12-3-4-13(19-2)11(6-12)9-16-8-10(7-15)5-14(16)17/h3-4,6,10H,5,7-9H2,1-2H3. The summed E-state index contributed by atoms with van der Waals surface area (Å²) in [5.74, 6) is 2.17. The minimum atomic E-state index is 0.203. The van der Waals surface area contributed by atoms with E-state index in [1.807, 2.05) is 23.1 Å². The van der Waals surface area contributed by atoms with E-state index in [1.165, 1.54) is 0 Å². The van der Waals surface area contributed by atoms with Crippen molar-refractivity contribution in [3.8, 4) is 11.5 Å². The fourth-order valence-corrected chi connectivity index (χ4v) is 2.75. The Labute approximate surface area is 121 Å². The van der Waals surface area contributed by atoms with E-state index in [4.69, 9.17) is 9.47 Å². The normalized spacial score (nSPS) is 18.8. The van der Waals surface area contributed by atoms with Crippen LogP contribution in [0.15, 0.2) is 18.2 Å². The first-order valence-electron chi connectivity index (χ1n) is 6.22. The zero-order valence-electron chi connectivity index (χ0n) is 11.2. The maximum atomic E-state index is 11.9. The minimum absolute atomic E-state index is 0.203. The van der Waals surface area contributed by atoms with Crippen LogP contribution >= 0.6 is 15.9 Å². The van der Waals surface area contributed by atoms with E-state index in [0.717, 1.165) is 28.9 Å². The Kier molecular flexibility index (Phi) is 4.69. The van der Waals surface area contributed by atoms with Crippen LogP contribution in [0.25, 0.3) is 0 Å². The van der Waals surface area contributed by atoms with Crippen LogP contribution in [0.5, 0.6) is 11.5 Å². The van der Waals surface area contributed by atoms with Crippen molar-refractivity contribution in [2.75, 3.05) is 26.1 Å². The predicted molar refractivity (Wildman–Crippen MR) is 76.9 cm³/mol. The second kappa shape index (κ2) is 6.28. The van der Waals surface area contributed by atoms with Crippen LogP contribution in [0.4, 0.5) is 0 Å². The second-order valence-corrected chi connectivity index (χ2v) is 5.32. The molecule has 1 fully saturated rings. The molecule has 1 aromatic rings. The van der Waals surface area contributed by atoms with Crippen LogP contribution in [-0.4, -0.2) is 36.9 Å². The van der Waals surface area contributed by atoms with Crippen LogP contribution in [0.1, 0.15) is 12.0 Å². The summed E-state index contributed by atoms with van der Waals surface area (Å²) in [6.45, 7) is 1.37. The first-order chi connectivity index (χ1) is 9.17. The molecule has 0 aliphatic carbocycles. The summed E-state index contributed by atoms with van der Waals surface area (Å²) in [5.41, 5.74) is 0.977. The van der Waals surface area contributed by atoms with Gasteiger partial charge in [-0.2, -0.15) is 0 Å². The van der Waals surface area contributed by atoms with Crippen LogP contribution in [0, 0.1) is 5.92 Å². The second-order valence-electron chi connectivity index (χ2n) is 4.68. The number of likely N-dealkylation sites (tertiary alicyclic amines) is 1. The number of halogens is 1. The van der Waals surface area contributed by atoms with Crippen molar-refractivity contribution in [2.24, 2.45) is 5.92 Å².